The van der Waals surface area contributed by atoms with Gasteiger partial charge in [-0.05, 0) is 52.6 Å². The quantitative estimate of drug-likeness (QED) is 0.584. The fourth-order valence-electron chi connectivity index (χ4n) is 2.45. The van der Waals surface area contributed by atoms with Crippen molar-refractivity contribution in [1.82, 2.24) is 0 Å². The van der Waals surface area contributed by atoms with E-state index in [1.165, 1.54) is 12.1 Å². The normalized spacial score (nSPS) is 11.3. The largest absolute Gasteiger partial charge is 0.497 e. The number of methoxy groups -OCH3 is 1. The highest BCUT2D eigenvalue weighted by Gasteiger charge is 2.06. The van der Waals surface area contributed by atoms with Gasteiger partial charge in [0, 0.05) is 0 Å². The Morgan fingerprint density at radius 1 is 0.783 bits per heavy atom. The van der Waals surface area contributed by atoms with Crippen molar-refractivity contribution in [2.75, 3.05) is 7.11 Å². The molecule has 2 heteroatoms. The molecule has 0 saturated heterocycles. The summed E-state index contributed by atoms with van der Waals surface area (Å²) in [6.07, 6.45) is 2.07. The second kappa shape index (κ2) is 6.93. The summed E-state index contributed by atoms with van der Waals surface area (Å²) in [5, 5.41) is 0. The fraction of sp³-hybridized carbons (Fsp3) is 0.0476. The first-order valence-corrected chi connectivity index (χ1v) is 7.43. The van der Waals surface area contributed by atoms with Crippen molar-refractivity contribution in [3.63, 3.8) is 0 Å². The van der Waals surface area contributed by atoms with E-state index in [9.17, 15) is 4.39 Å². The van der Waals surface area contributed by atoms with Gasteiger partial charge in [0.1, 0.15) is 11.6 Å². The Labute approximate surface area is 135 Å². The summed E-state index contributed by atoms with van der Waals surface area (Å²) in [5.41, 5.74) is 4.24. The van der Waals surface area contributed by atoms with Gasteiger partial charge in [-0.2, -0.15) is 0 Å². The van der Waals surface area contributed by atoms with Crippen molar-refractivity contribution in [2.24, 2.45) is 0 Å². The molecule has 0 amide bonds. The van der Waals surface area contributed by atoms with Crippen molar-refractivity contribution < 1.29 is 9.13 Å². The molecule has 3 aromatic rings. The van der Waals surface area contributed by atoms with E-state index < -0.39 is 0 Å². The molecule has 0 aliphatic carbocycles. The molecule has 3 aromatic carbocycles. The minimum Gasteiger partial charge on any atom is -0.497 e. The maximum absolute atomic E-state index is 13.1. The van der Waals surface area contributed by atoms with Crippen molar-refractivity contribution >= 4 is 11.6 Å². The highest BCUT2D eigenvalue weighted by atomic mass is 19.1. The van der Waals surface area contributed by atoms with E-state index in [4.69, 9.17) is 4.74 Å². The molecule has 0 atom stereocenters. The van der Waals surface area contributed by atoms with Gasteiger partial charge in [-0.15, -0.1) is 0 Å². The minimum absolute atomic E-state index is 0.229. The molecule has 23 heavy (non-hydrogen) atoms. The Morgan fingerprint density at radius 2 is 1.39 bits per heavy atom. The molecule has 0 saturated carbocycles. The van der Waals surface area contributed by atoms with Gasteiger partial charge in [0.05, 0.1) is 7.11 Å². The second-order valence-electron chi connectivity index (χ2n) is 5.20. The lowest BCUT2D eigenvalue weighted by molar-refractivity contribution is 0.415. The van der Waals surface area contributed by atoms with Crippen LogP contribution in [0.15, 0.2) is 78.9 Å². The molecule has 0 heterocycles. The van der Waals surface area contributed by atoms with Gasteiger partial charge in [-0.3, -0.25) is 0 Å². The van der Waals surface area contributed by atoms with Crippen LogP contribution < -0.4 is 4.74 Å². The summed E-state index contributed by atoms with van der Waals surface area (Å²) in [6, 6.07) is 24.6. The summed E-state index contributed by atoms with van der Waals surface area (Å²) >= 11 is 0. The smallest absolute Gasteiger partial charge is 0.123 e. The summed E-state index contributed by atoms with van der Waals surface area (Å²) in [7, 11) is 1.65. The van der Waals surface area contributed by atoms with E-state index in [0.717, 1.165) is 28.0 Å². The molecule has 0 aliphatic rings. The lowest BCUT2D eigenvalue weighted by Crippen LogP contribution is -1.89. The Morgan fingerprint density at radius 3 is 2.00 bits per heavy atom. The number of halogens is 1. The number of benzene rings is 3. The molecule has 1 nitrogen and oxygen atoms in total. The van der Waals surface area contributed by atoms with Gasteiger partial charge in [0.2, 0.25) is 0 Å². The maximum atomic E-state index is 13.1. The first-order chi connectivity index (χ1) is 11.3. The summed E-state index contributed by atoms with van der Waals surface area (Å²) in [6.45, 7) is 0. The van der Waals surface area contributed by atoms with Crippen LogP contribution in [0.5, 0.6) is 5.75 Å². The first kappa shape index (κ1) is 15.0. The highest BCUT2D eigenvalue weighted by molar-refractivity contribution is 5.91. The van der Waals surface area contributed by atoms with Crippen LogP contribution in [0.25, 0.3) is 11.6 Å². The SMILES string of the molecule is COc1ccc(C(=Cc2ccc(F)cc2)c2ccccc2)cc1. The van der Waals surface area contributed by atoms with Crippen molar-refractivity contribution in [1.29, 1.82) is 0 Å². The van der Waals surface area contributed by atoms with Crippen LogP contribution in [-0.2, 0) is 0 Å². The van der Waals surface area contributed by atoms with Gasteiger partial charge in [-0.1, -0.05) is 54.6 Å². The van der Waals surface area contributed by atoms with Gasteiger partial charge in [0.15, 0.2) is 0 Å². The summed E-state index contributed by atoms with van der Waals surface area (Å²) in [5.74, 6) is 0.593. The Balaban J connectivity index is 2.08. The van der Waals surface area contributed by atoms with E-state index in [1.807, 2.05) is 42.5 Å². The zero-order valence-corrected chi connectivity index (χ0v) is 12.9. The maximum Gasteiger partial charge on any atom is 0.123 e. The molecule has 0 aliphatic heterocycles. The first-order valence-electron chi connectivity index (χ1n) is 7.43. The Hall–Kier alpha value is -2.87. The molecule has 0 aromatic heterocycles. The summed E-state index contributed by atoms with van der Waals surface area (Å²) in [4.78, 5) is 0. The van der Waals surface area contributed by atoms with E-state index in [1.54, 1.807) is 19.2 Å². The standard InChI is InChI=1S/C21H17FO/c1-23-20-13-9-18(10-14-20)21(17-5-3-2-4-6-17)15-16-7-11-19(22)12-8-16/h2-15H,1H3. The van der Waals surface area contributed by atoms with Crippen LogP contribution in [0.4, 0.5) is 4.39 Å². The van der Waals surface area contributed by atoms with Crippen LogP contribution in [0.2, 0.25) is 0 Å². The molecule has 0 bridgehead atoms. The third-order valence-corrected chi connectivity index (χ3v) is 3.67. The van der Waals surface area contributed by atoms with Crippen LogP contribution in [-0.4, -0.2) is 7.11 Å². The summed E-state index contributed by atoms with van der Waals surface area (Å²) < 4.78 is 18.3. The molecule has 0 spiro atoms. The minimum atomic E-state index is -0.229. The molecule has 0 radical (unpaired) electrons. The predicted molar refractivity (Wildman–Crippen MR) is 92.8 cm³/mol. The van der Waals surface area contributed by atoms with E-state index in [2.05, 4.69) is 18.2 Å². The molecular weight excluding hydrogens is 287 g/mol. The van der Waals surface area contributed by atoms with Crippen LogP contribution in [0, 0.1) is 5.82 Å². The lowest BCUT2D eigenvalue weighted by atomic mass is 9.95. The van der Waals surface area contributed by atoms with Crippen molar-refractivity contribution in [2.45, 2.75) is 0 Å². The molecule has 0 unspecified atom stereocenters. The number of rotatable bonds is 4. The van der Waals surface area contributed by atoms with Gasteiger partial charge in [0.25, 0.3) is 0 Å². The van der Waals surface area contributed by atoms with Crippen LogP contribution in [0.1, 0.15) is 16.7 Å². The molecular formula is C21H17FO. The van der Waals surface area contributed by atoms with Gasteiger partial charge >= 0.3 is 0 Å². The third kappa shape index (κ3) is 3.67. The van der Waals surface area contributed by atoms with Gasteiger partial charge in [-0.25, -0.2) is 4.39 Å². The van der Waals surface area contributed by atoms with E-state index in [-0.39, 0.29) is 5.82 Å². The lowest BCUT2D eigenvalue weighted by Gasteiger charge is -2.10. The highest BCUT2D eigenvalue weighted by Crippen LogP contribution is 2.27. The second-order valence-corrected chi connectivity index (χ2v) is 5.20. The fourth-order valence-corrected chi connectivity index (χ4v) is 2.45. The third-order valence-electron chi connectivity index (χ3n) is 3.67. The zero-order valence-electron chi connectivity index (χ0n) is 12.9. The molecule has 114 valence electrons. The van der Waals surface area contributed by atoms with Crippen LogP contribution in [0.3, 0.4) is 0 Å². The Bertz CT molecular complexity index is 788. The number of hydrogen-bond donors (Lipinski definition) is 0. The zero-order chi connectivity index (χ0) is 16.1. The molecule has 0 N–H and O–H groups in total. The van der Waals surface area contributed by atoms with Crippen LogP contribution >= 0.6 is 0 Å². The topological polar surface area (TPSA) is 9.23 Å². The van der Waals surface area contributed by atoms with E-state index >= 15 is 0 Å². The van der Waals surface area contributed by atoms with Crippen molar-refractivity contribution in [3.05, 3.63) is 101 Å². The predicted octanol–water partition coefficient (Wildman–Crippen LogP) is 5.42. The average Bonchev–Trinajstić information content (AvgIpc) is 2.62. The Kier molecular flexibility index (Phi) is 4.53. The molecule has 3 rings (SSSR count). The number of ether oxygens (including phenoxy) is 1. The van der Waals surface area contributed by atoms with Crippen molar-refractivity contribution in [3.8, 4) is 5.75 Å². The monoisotopic (exact) mass is 304 g/mol. The molecule has 0 fully saturated rings. The van der Waals surface area contributed by atoms with Gasteiger partial charge < -0.3 is 4.74 Å². The van der Waals surface area contributed by atoms with E-state index in [0.29, 0.717) is 0 Å². The number of hydrogen-bond acceptors (Lipinski definition) is 1. The average molecular weight is 304 g/mol.